The zero-order chi connectivity index (χ0) is 28.5. The van der Waals surface area contributed by atoms with Gasteiger partial charge >= 0.3 is 6.18 Å². The number of nitrogens with zero attached hydrogens (tertiary/aromatic N) is 2. The number of hydrogen-bond acceptors (Lipinski definition) is 7. The molecule has 0 radical (unpaired) electrons. The summed E-state index contributed by atoms with van der Waals surface area (Å²) < 4.78 is 55.4. The fourth-order valence-corrected chi connectivity index (χ4v) is 5.52. The molecule has 1 fully saturated rings. The normalized spacial score (nSPS) is 14.4. The van der Waals surface area contributed by atoms with Crippen LogP contribution in [0.2, 0.25) is 0 Å². The van der Waals surface area contributed by atoms with Gasteiger partial charge in [0.15, 0.2) is 0 Å². The molecule has 1 saturated heterocycles. The van der Waals surface area contributed by atoms with Gasteiger partial charge in [-0.25, -0.2) is 0 Å². The zero-order valence-corrected chi connectivity index (χ0v) is 23.2. The summed E-state index contributed by atoms with van der Waals surface area (Å²) in [5.41, 5.74) is -0.673. The van der Waals surface area contributed by atoms with Crippen LogP contribution < -0.4 is 10.2 Å². The van der Waals surface area contributed by atoms with E-state index in [1.165, 1.54) is 24.6 Å². The molecule has 0 saturated carbocycles. The Balaban J connectivity index is 1.16. The van der Waals surface area contributed by atoms with Crippen LogP contribution in [0.15, 0.2) is 56.9 Å². The van der Waals surface area contributed by atoms with Gasteiger partial charge in [0, 0.05) is 49.2 Å². The number of carbonyl (C=O) groups is 1. The van der Waals surface area contributed by atoms with Crippen LogP contribution in [0.3, 0.4) is 0 Å². The smallest absolute Gasteiger partial charge is 0.416 e. The molecule has 1 aliphatic heterocycles. The highest BCUT2D eigenvalue weighted by molar-refractivity contribution is 7.99. The zero-order valence-electron chi connectivity index (χ0n) is 22.4. The van der Waals surface area contributed by atoms with E-state index in [9.17, 15) is 22.8 Å². The number of fused-ring (bicyclic) bond motifs is 1. The highest BCUT2D eigenvalue weighted by atomic mass is 32.2. The molecule has 4 rings (SSSR count). The maximum absolute atomic E-state index is 13.0. The van der Waals surface area contributed by atoms with E-state index in [0.29, 0.717) is 48.8 Å². The van der Waals surface area contributed by atoms with Crippen LogP contribution in [0.1, 0.15) is 49.8 Å². The number of pyridine rings is 1. The van der Waals surface area contributed by atoms with E-state index in [4.69, 9.17) is 13.9 Å². The lowest BCUT2D eigenvalue weighted by Gasteiger charge is -2.24. The Morgan fingerprint density at radius 2 is 1.95 bits per heavy atom. The Kier molecular flexibility index (Phi) is 10.5. The first-order valence-corrected chi connectivity index (χ1v) is 14.3. The van der Waals surface area contributed by atoms with E-state index in [0.717, 1.165) is 54.9 Å². The number of carbonyl (C=O) groups excluding carboxylic acids is 1. The van der Waals surface area contributed by atoms with E-state index in [-0.39, 0.29) is 23.6 Å². The van der Waals surface area contributed by atoms with Crippen LogP contribution in [0.4, 0.5) is 13.2 Å². The molecule has 0 aliphatic carbocycles. The Labute approximate surface area is 235 Å². The predicted octanol–water partition coefficient (Wildman–Crippen LogP) is 6.32. The molecule has 0 spiro atoms. The Morgan fingerprint density at radius 1 is 1.15 bits per heavy atom. The van der Waals surface area contributed by atoms with Gasteiger partial charge in [-0.15, -0.1) is 11.8 Å². The van der Waals surface area contributed by atoms with Crippen molar-refractivity contribution in [2.75, 3.05) is 32.6 Å². The Bertz CT molecular complexity index is 1340. The molecule has 0 atom stereocenters. The quantitative estimate of drug-likeness (QED) is 0.184. The topological polar surface area (TPSA) is 81.9 Å². The molecule has 0 bridgehead atoms. The van der Waals surface area contributed by atoms with Crippen molar-refractivity contribution in [3.63, 3.8) is 0 Å². The van der Waals surface area contributed by atoms with Crippen molar-refractivity contribution in [3.8, 4) is 5.75 Å². The van der Waals surface area contributed by atoms with Gasteiger partial charge in [-0.2, -0.15) is 13.2 Å². The fraction of sp³-hybridized carbons (Fsp3) is 0.483. The minimum Gasteiger partial charge on any atom is -0.487 e. The molecule has 1 amide bonds. The molecule has 3 heterocycles. The van der Waals surface area contributed by atoms with E-state index < -0.39 is 11.7 Å². The number of hydrogen-bond donors (Lipinski definition) is 0. The summed E-state index contributed by atoms with van der Waals surface area (Å²) in [6, 6.07) is 6.81. The average Bonchev–Trinajstić information content (AvgIpc) is 2.93. The largest absolute Gasteiger partial charge is 0.487 e. The molecule has 1 aliphatic rings. The lowest BCUT2D eigenvalue weighted by atomic mass is 9.96. The minimum absolute atomic E-state index is 0.0146. The molecule has 2 aromatic heterocycles. The standard InChI is InChI=1S/C29H33F3N2O5S/c1-34(28(36)15-20-8-12-37-13-9-20)18-22-17-25(35)26(19-39-22)38-11-3-2-4-14-40-27-7-10-33-24-16-21(29(30,31)32)5-6-23(24)27/h5-7,10,16-17,19-20H,2-4,8-9,11-15,18H2,1H3. The van der Waals surface area contributed by atoms with Gasteiger partial charge in [0.2, 0.25) is 17.1 Å². The molecular weight excluding hydrogens is 545 g/mol. The molecular formula is C29H33F3N2O5S. The molecule has 3 aromatic rings. The van der Waals surface area contributed by atoms with Gasteiger partial charge in [-0.1, -0.05) is 6.07 Å². The van der Waals surface area contributed by atoms with Gasteiger partial charge in [-0.3, -0.25) is 14.6 Å². The summed E-state index contributed by atoms with van der Waals surface area (Å²) in [5, 5.41) is 0.703. The van der Waals surface area contributed by atoms with E-state index >= 15 is 0 Å². The monoisotopic (exact) mass is 578 g/mol. The lowest BCUT2D eigenvalue weighted by Crippen LogP contribution is -2.30. The lowest BCUT2D eigenvalue weighted by molar-refractivity contribution is -0.137. The summed E-state index contributed by atoms with van der Waals surface area (Å²) >= 11 is 1.58. The molecule has 216 valence electrons. The first-order chi connectivity index (χ1) is 19.2. The van der Waals surface area contributed by atoms with Crippen LogP contribution in [0, 0.1) is 5.92 Å². The first-order valence-electron chi connectivity index (χ1n) is 13.4. The molecule has 1 aromatic carbocycles. The summed E-state index contributed by atoms with van der Waals surface area (Å²) in [5.74, 6) is 1.67. The number of thioether (sulfide) groups is 1. The van der Waals surface area contributed by atoms with Crippen molar-refractivity contribution in [3.05, 3.63) is 64.3 Å². The van der Waals surface area contributed by atoms with Gasteiger partial charge in [0.25, 0.3) is 0 Å². The van der Waals surface area contributed by atoms with Crippen molar-refractivity contribution in [1.82, 2.24) is 9.88 Å². The summed E-state index contributed by atoms with van der Waals surface area (Å²) in [6.07, 6.45) is 3.13. The maximum atomic E-state index is 13.0. The van der Waals surface area contributed by atoms with Crippen molar-refractivity contribution < 1.29 is 31.9 Å². The van der Waals surface area contributed by atoms with Gasteiger partial charge in [0.05, 0.1) is 24.2 Å². The third kappa shape index (κ3) is 8.47. The van der Waals surface area contributed by atoms with Crippen LogP contribution in [0.5, 0.6) is 5.75 Å². The van der Waals surface area contributed by atoms with Crippen LogP contribution in [0.25, 0.3) is 10.9 Å². The SMILES string of the molecule is CN(Cc1cc(=O)c(OCCCCCSc2ccnc3cc(C(F)(F)F)ccc23)co1)C(=O)CC1CCOCC1. The van der Waals surface area contributed by atoms with Gasteiger partial charge in [0.1, 0.15) is 12.0 Å². The number of unbranched alkanes of at least 4 members (excludes halogenated alkanes) is 2. The number of ether oxygens (including phenoxy) is 2. The van der Waals surface area contributed by atoms with Crippen molar-refractivity contribution >= 4 is 28.6 Å². The number of alkyl halides is 3. The van der Waals surface area contributed by atoms with Crippen molar-refractivity contribution in [2.45, 2.75) is 56.1 Å². The molecule has 7 nitrogen and oxygen atoms in total. The number of aromatic nitrogens is 1. The Hall–Kier alpha value is -3.05. The third-order valence-corrected chi connectivity index (χ3v) is 7.97. The maximum Gasteiger partial charge on any atom is 0.416 e. The molecule has 0 N–H and O–H groups in total. The van der Waals surface area contributed by atoms with Crippen LogP contribution in [-0.2, 0) is 22.3 Å². The predicted molar refractivity (Wildman–Crippen MR) is 146 cm³/mol. The van der Waals surface area contributed by atoms with Crippen LogP contribution >= 0.6 is 11.8 Å². The van der Waals surface area contributed by atoms with Crippen molar-refractivity contribution in [1.29, 1.82) is 0 Å². The first kappa shape index (κ1) is 29.9. The number of benzene rings is 1. The number of amides is 1. The van der Waals surface area contributed by atoms with E-state index in [1.807, 2.05) is 6.07 Å². The number of rotatable bonds is 12. The molecule has 11 heteroatoms. The number of halogens is 3. The van der Waals surface area contributed by atoms with Gasteiger partial charge in [-0.05, 0) is 62.0 Å². The second kappa shape index (κ2) is 14.0. The van der Waals surface area contributed by atoms with Gasteiger partial charge < -0.3 is 18.8 Å². The fourth-order valence-electron chi connectivity index (χ4n) is 4.47. The average molecular weight is 579 g/mol. The summed E-state index contributed by atoms with van der Waals surface area (Å²) in [4.78, 5) is 31.5. The minimum atomic E-state index is -4.40. The molecule has 40 heavy (non-hydrogen) atoms. The van der Waals surface area contributed by atoms with E-state index in [2.05, 4.69) is 4.98 Å². The van der Waals surface area contributed by atoms with Crippen LogP contribution in [-0.4, -0.2) is 48.4 Å². The van der Waals surface area contributed by atoms with Crippen molar-refractivity contribution in [2.24, 2.45) is 5.92 Å². The van der Waals surface area contributed by atoms with E-state index in [1.54, 1.807) is 23.7 Å². The molecule has 0 unspecified atom stereocenters. The second-order valence-corrected chi connectivity index (χ2v) is 11.0. The third-order valence-electron chi connectivity index (χ3n) is 6.81. The highest BCUT2D eigenvalue weighted by Gasteiger charge is 2.30. The summed E-state index contributed by atoms with van der Waals surface area (Å²) in [7, 11) is 1.70. The highest BCUT2D eigenvalue weighted by Crippen LogP contribution is 2.34. The summed E-state index contributed by atoms with van der Waals surface area (Å²) in [6.45, 7) is 1.96. The second-order valence-electron chi connectivity index (χ2n) is 9.88. The Morgan fingerprint density at radius 3 is 2.70 bits per heavy atom.